The molecule has 0 aromatic heterocycles. The van der Waals surface area contributed by atoms with Crippen molar-refractivity contribution in [2.45, 2.75) is 32.5 Å². The molecule has 3 rings (SSSR count). The van der Waals surface area contributed by atoms with Crippen LogP contribution in [0.2, 0.25) is 10.0 Å². The Morgan fingerprint density at radius 3 is 2.20 bits per heavy atom. The number of nitrogens with zero attached hydrogens (tertiary/aromatic N) is 3. The predicted octanol–water partition coefficient (Wildman–Crippen LogP) is 2.29. The number of carbonyl (C=O) groups is 1. The Morgan fingerprint density at radius 1 is 1.07 bits per heavy atom. The molecule has 2 aliphatic rings. The first-order valence-electron chi connectivity index (χ1n) is 10.0. The first-order valence-corrected chi connectivity index (χ1v) is 12.2. The summed E-state index contributed by atoms with van der Waals surface area (Å²) in [6.07, 6.45) is 0.0391. The van der Waals surface area contributed by atoms with Gasteiger partial charge in [0, 0.05) is 52.2 Å². The van der Waals surface area contributed by atoms with Crippen LogP contribution in [0.1, 0.15) is 20.3 Å². The van der Waals surface area contributed by atoms with Gasteiger partial charge < -0.3 is 15.0 Å². The molecule has 2 saturated heterocycles. The van der Waals surface area contributed by atoms with E-state index in [1.165, 1.54) is 8.61 Å². The fraction of sp³-hybridized carbons (Fsp3) is 0.632. The standard InChI is InChI=1S/C19H28Cl2N4O4S/c1-14-12-25(13-15(2)29-14)30(27,28)24-10-8-23(9-11-24)7-6-18(26)22-19-16(20)4-3-5-17(19)21/h3-5,14-15H,6-13H2,1-2H3,(H,22,26). The molecule has 0 spiro atoms. The first kappa shape index (κ1) is 23.7. The van der Waals surface area contributed by atoms with Gasteiger partial charge in [0.05, 0.1) is 27.9 Å². The second-order valence-corrected chi connectivity index (χ2v) is 10.5. The van der Waals surface area contributed by atoms with Crippen molar-refractivity contribution in [3.05, 3.63) is 28.2 Å². The normalized spacial score (nSPS) is 24.7. The van der Waals surface area contributed by atoms with Crippen LogP contribution >= 0.6 is 23.2 Å². The minimum atomic E-state index is -3.50. The maximum Gasteiger partial charge on any atom is 0.282 e. The van der Waals surface area contributed by atoms with Crippen molar-refractivity contribution in [2.75, 3.05) is 51.1 Å². The Hall–Kier alpha value is -0.940. The summed E-state index contributed by atoms with van der Waals surface area (Å²) in [5.74, 6) is -0.184. The van der Waals surface area contributed by atoms with Crippen LogP contribution in [0, 0.1) is 0 Å². The average molecular weight is 479 g/mol. The number of halogens is 2. The zero-order valence-electron chi connectivity index (χ0n) is 17.2. The van der Waals surface area contributed by atoms with Gasteiger partial charge in [0.25, 0.3) is 10.2 Å². The molecule has 11 heteroatoms. The third kappa shape index (κ3) is 5.85. The summed E-state index contributed by atoms with van der Waals surface area (Å²) in [4.78, 5) is 14.4. The number of carbonyl (C=O) groups excluding carboxylic acids is 1. The molecule has 2 atom stereocenters. The summed E-state index contributed by atoms with van der Waals surface area (Å²) >= 11 is 12.2. The quantitative estimate of drug-likeness (QED) is 0.677. The lowest BCUT2D eigenvalue weighted by molar-refractivity contribution is -0.116. The molecule has 1 aromatic rings. The van der Waals surface area contributed by atoms with Crippen LogP contribution in [0.25, 0.3) is 0 Å². The van der Waals surface area contributed by atoms with Crippen molar-refractivity contribution in [2.24, 2.45) is 0 Å². The largest absolute Gasteiger partial charge is 0.373 e. The molecule has 8 nitrogen and oxygen atoms in total. The highest BCUT2D eigenvalue weighted by molar-refractivity contribution is 7.86. The topological polar surface area (TPSA) is 82.2 Å². The number of hydrogen-bond acceptors (Lipinski definition) is 5. The number of piperazine rings is 1. The van der Waals surface area contributed by atoms with Crippen molar-refractivity contribution >= 4 is 45.0 Å². The zero-order valence-corrected chi connectivity index (χ0v) is 19.5. The van der Waals surface area contributed by atoms with E-state index in [9.17, 15) is 13.2 Å². The molecule has 2 aliphatic heterocycles. The first-order chi connectivity index (χ1) is 14.2. The molecule has 1 amide bonds. The SMILES string of the molecule is CC1CN(S(=O)(=O)N2CCN(CCC(=O)Nc3c(Cl)cccc3Cl)CC2)CC(C)O1. The lowest BCUT2D eigenvalue weighted by atomic mass is 10.2. The molecule has 30 heavy (non-hydrogen) atoms. The smallest absolute Gasteiger partial charge is 0.282 e. The van der Waals surface area contributed by atoms with E-state index in [-0.39, 0.29) is 24.5 Å². The number of anilines is 1. The van der Waals surface area contributed by atoms with Crippen LogP contribution in [-0.2, 0) is 19.7 Å². The summed E-state index contributed by atoms with van der Waals surface area (Å²) in [7, 11) is -3.50. The van der Waals surface area contributed by atoms with Gasteiger partial charge in [-0.25, -0.2) is 0 Å². The van der Waals surface area contributed by atoms with Gasteiger partial charge in [-0.05, 0) is 26.0 Å². The number of benzene rings is 1. The molecule has 0 radical (unpaired) electrons. The van der Waals surface area contributed by atoms with Crippen LogP contribution in [0.4, 0.5) is 5.69 Å². The third-order valence-electron chi connectivity index (χ3n) is 5.25. The Balaban J connectivity index is 1.47. The van der Waals surface area contributed by atoms with Crippen LogP contribution in [0.15, 0.2) is 18.2 Å². The molecule has 0 bridgehead atoms. The van der Waals surface area contributed by atoms with E-state index in [0.717, 1.165) is 0 Å². The average Bonchev–Trinajstić information content (AvgIpc) is 2.69. The van der Waals surface area contributed by atoms with Gasteiger partial charge >= 0.3 is 0 Å². The van der Waals surface area contributed by atoms with E-state index < -0.39 is 10.2 Å². The van der Waals surface area contributed by atoms with Crippen LogP contribution in [0.3, 0.4) is 0 Å². The van der Waals surface area contributed by atoms with E-state index >= 15 is 0 Å². The van der Waals surface area contributed by atoms with E-state index in [0.29, 0.717) is 61.5 Å². The molecule has 1 N–H and O–H groups in total. The molecule has 0 aliphatic carbocycles. The number of rotatable bonds is 6. The van der Waals surface area contributed by atoms with Crippen molar-refractivity contribution in [3.63, 3.8) is 0 Å². The predicted molar refractivity (Wildman–Crippen MR) is 118 cm³/mol. The highest BCUT2D eigenvalue weighted by Gasteiger charge is 2.36. The summed E-state index contributed by atoms with van der Waals surface area (Å²) in [5.41, 5.74) is 0.413. The summed E-state index contributed by atoms with van der Waals surface area (Å²) in [5, 5.41) is 3.53. The van der Waals surface area contributed by atoms with Crippen molar-refractivity contribution in [1.82, 2.24) is 13.5 Å². The zero-order chi connectivity index (χ0) is 21.9. The minimum Gasteiger partial charge on any atom is -0.373 e. The molecule has 2 fully saturated rings. The minimum absolute atomic E-state index is 0.116. The molecule has 0 saturated carbocycles. The Labute approximate surface area is 188 Å². The van der Waals surface area contributed by atoms with Crippen molar-refractivity contribution < 1.29 is 17.9 Å². The maximum absolute atomic E-state index is 13.0. The third-order valence-corrected chi connectivity index (χ3v) is 7.85. The van der Waals surface area contributed by atoms with Crippen LogP contribution in [-0.4, -0.2) is 85.9 Å². The van der Waals surface area contributed by atoms with Gasteiger partial charge in [0.1, 0.15) is 0 Å². The summed E-state index contributed by atoms with van der Waals surface area (Å²) < 4.78 is 34.6. The number of morpholine rings is 1. The van der Waals surface area contributed by atoms with Crippen LogP contribution < -0.4 is 5.32 Å². The summed E-state index contributed by atoms with van der Waals surface area (Å²) in [6.45, 7) is 7.02. The van der Waals surface area contributed by atoms with E-state index in [2.05, 4.69) is 10.2 Å². The van der Waals surface area contributed by atoms with Gasteiger partial charge in [-0.15, -0.1) is 0 Å². The second kappa shape index (κ2) is 10.1. The highest BCUT2D eigenvalue weighted by atomic mass is 35.5. The Morgan fingerprint density at radius 2 is 1.63 bits per heavy atom. The number of amides is 1. The molecule has 2 unspecified atom stereocenters. The molecular weight excluding hydrogens is 451 g/mol. The van der Waals surface area contributed by atoms with Crippen molar-refractivity contribution in [1.29, 1.82) is 0 Å². The van der Waals surface area contributed by atoms with Gasteiger partial charge in [0.15, 0.2) is 0 Å². The lowest BCUT2D eigenvalue weighted by Gasteiger charge is -2.40. The fourth-order valence-corrected chi connectivity index (χ4v) is 5.98. The molecular formula is C19H28Cl2N4O4S. The number of hydrogen-bond donors (Lipinski definition) is 1. The Bertz CT molecular complexity index is 832. The number of ether oxygens (including phenoxy) is 1. The van der Waals surface area contributed by atoms with Gasteiger partial charge in [-0.2, -0.15) is 17.0 Å². The monoisotopic (exact) mass is 478 g/mol. The fourth-order valence-electron chi connectivity index (χ4n) is 3.75. The van der Waals surface area contributed by atoms with Crippen LogP contribution in [0.5, 0.6) is 0 Å². The molecule has 168 valence electrons. The number of para-hydroxylation sites is 1. The Kier molecular flexibility index (Phi) is 8.00. The van der Waals surface area contributed by atoms with E-state index in [1.54, 1.807) is 18.2 Å². The summed E-state index contributed by atoms with van der Waals surface area (Å²) in [6, 6.07) is 5.05. The van der Waals surface area contributed by atoms with Gasteiger partial charge in [0.2, 0.25) is 5.91 Å². The lowest BCUT2D eigenvalue weighted by Crippen LogP contribution is -2.57. The van der Waals surface area contributed by atoms with Crippen molar-refractivity contribution in [3.8, 4) is 0 Å². The second-order valence-electron chi connectivity index (χ2n) is 7.72. The molecule has 1 aromatic carbocycles. The molecule has 2 heterocycles. The van der Waals surface area contributed by atoms with E-state index in [1.807, 2.05) is 13.8 Å². The maximum atomic E-state index is 13.0. The number of nitrogens with one attached hydrogen (secondary N) is 1. The highest BCUT2D eigenvalue weighted by Crippen LogP contribution is 2.29. The van der Waals surface area contributed by atoms with Gasteiger partial charge in [-0.1, -0.05) is 29.3 Å². The van der Waals surface area contributed by atoms with Gasteiger partial charge in [-0.3, -0.25) is 4.79 Å². The van der Waals surface area contributed by atoms with E-state index in [4.69, 9.17) is 27.9 Å².